The number of ether oxygens (including phenoxy) is 1. The monoisotopic (exact) mass is 572 g/mol. The van der Waals surface area contributed by atoms with E-state index in [2.05, 4.69) is 54.2 Å². The number of rotatable bonds is 9. The predicted molar refractivity (Wildman–Crippen MR) is 148 cm³/mol. The van der Waals surface area contributed by atoms with Crippen molar-refractivity contribution in [3.63, 3.8) is 0 Å². The summed E-state index contributed by atoms with van der Waals surface area (Å²) in [6.45, 7) is 10.3. The van der Waals surface area contributed by atoms with Crippen LogP contribution in [0.3, 0.4) is 0 Å². The van der Waals surface area contributed by atoms with E-state index in [-0.39, 0.29) is 22.9 Å². The number of nitrogens with one attached hydrogen (secondary N) is 1. The van der Waals surface area contributed by atoms with Gasteiger partial charge in [0.2, 0.25) is 5.91 Å². The highest BCUT2D eigenvalue weighted by Gasteiger charge is 2.28. The van der Waals surface area contributed by atoms with Crippen molar-refractivity contribution < 1.29 is 17.9 Å². The van der Waals surface area contributed by atoms with Crippen LogP contribution in [0.15, 0.2) is 82.2 Å². The Balaban J connectivity index is 1.85. The molecule has 8 heteroatoms. The molecule has 0 saturated heterocycles. The first kappa shape index (κ1) is 27.7. The average molecular weight is 574 g/mol. The highest BCUT2D eigenvalue weighted by molar-refractivity contribution is 9.10. The van der Waals surface area contributed by atoms with E-state index >= 15 is 0 Å². The number of hydrogen-bond acceptors (Lipinski definition) is 4. The third kappa shape index (κ3) is 6.89. The van der Waals surface area contributed by atoms with Crippen LogP contribution in [0.2, 0.25) is 0 Å². The van der Waals surface area contributed by atoms with Gasteiger partial charge < -0.3 is 10.1 Å². The minimum Gasteiger partial charge on any atom is -0.494 e. The molecule has 0 fully saturated rings. The molecule has 0 aliphatic carbocycles. The van der Waals surface area contributed by atoms with Crippen molar-refractivity contribution in [1.29, 1.82) is 0 Å². The summed E-state index contributed by atoms with van der Waals surface area (Å²) in [5, 5.41) is 2.94. The number of carbonyl (C=O) groups excluding carboxylic acids is 1. The van der Waals surface area contributed by atoms with Crippen molar-refractivity contribution in [1.82, 2.24) is 5.32 Å². The second-order valence-corrected chi connectivity index (χ2v) is 12.3. The van der Waals surface area contributed by atoms with Gasteiger partial charge in [0, 0.05) is 4.47 Å². The van der Waals surface area contributed by atoms with E-state index in [1.54, 1.807) is 36.4 Å². The number of anilines is 1. The van der Waals surface area contributed by atoms with E-state index in [4.69, 9.17) is 4.74 Å². The van der Waals surface area contributed by atoms with Gasteiger partial charge >= 0.3 is 0 Å². The number of sulfonamides is 1. The lowest BCUT2D eigenvalue weighted by atomic mass is 9.86. The maximum absolute atomic E-state index is 13.6. The smallest absolute Gasteiger partial charge is 0.264 e. The Kier molecular flexibility index (Phi) is 8.84. The maximum atomic E-state index is 13.6. The number of halogens is 1. The number of nitrogens with zero attached hydrogens (tertiary/aromatic N) is 1. The van der Waals surface area contributed by atoms with Crippen LogP contribution in [0.25, 0.3) is 0 Å². The average Bonchev–Trinajstić information content (AvgIpc) is 2.83. The van der Waals surface area contributed by atoms with Crippen LogP contribution >= 0.6 is 15.9 Å². The molecule has 0 aromatic heterocycles. The Morgan fingerprint density at radius 1 is 0.972 bits per heavy atom. The zero-order chi connectivity index (χ0) is 26.5. The molecule has 0 bridgehead atoms. The summed E-state index contributed by atoms with van der Waals surface area (Å²) in [6, 6.07) is 20.8. The predicted octanol–water partition coefficient (Wildman–Crippen LogP) is 6.22. The van der Waals surface area contributed by atoms with Gasteiger partial charge in [0.1, 0.15) is 12.3 Å². The first-order valence-corrected chi connectivity index (χ1v) is 14.1. The molecule has 1 unspecified atom stereocenters. The molecular formula is C28H33BrN2O4S. The molecule has 0 aliphatic heterocycles. The summed E-state index contributed by atoms with van der Waals surface area (Å²) in [7, 11) is -4.00. The lowest BCUT2D eigenvalue weighted by Crippen LogP contribution is -2.41. The van der Waals surface area contributed by atoms with Gasteiger partial charge in [0.05, 0.1) is 23.2 Å². The van der Waals surface area contributed by atoms with E-state index in [0.29, 0.717) is 18.0 Å². The molecule has 0 heterocycles. The molecule has 3 rings (SSSR count). The third-order valence-corrected chi connectivity index (χ3v) is 8.10. The summed E-state index contributed by atoms with van der Waals surface area (Å²) in [4.78, 5) is 13.2. The van der Waals surface area contributed by atoms with Crippen LogP contribution in [-0.2, 0) is 20.2 Å². The second kappa shape index (κ2) is 11.5. The second-order valence-electron chi connectivity index (χ2n) is 9.55. The van der Waals surface area contributed by atoms with E-state index in [0.717, 1.165) is 14.3 Å². The minimum atomic E-state index is -4.00. The Morgan fingerprint density at radius 3 is 2.08 bits per heavy atom. The lowest BCUT2D eigenvalue weighted by Gasteiger charge is -2.25. The minimum absolute atomic E-state index is 0.0324. The summed E-state index contributed by atoms with van der Waals surface area (Å²) in [5.41, 5.74) is 2.55. The van der Waals surface area contributed by atoms with Crippen molar-refractivity contribution >= 4 is 37.5 Å². The first-order valence-electron chi connectivity index (χ1n) is 11.8. The van der Waals surface area contributed by atoms with Gasteiger partial charge in [-0.1, -0.05) is 61.0 Å². The Morgan fingerprint density at radius 2 is 1.56 bits per heavy atom. The van der Waals surface area contributed by atoms with Gasteiger partial charge in [-0.3, -0.25) is 9.10 Å². The molecule has 0 aliphatic rings. The summed E-state index contributed by atoms with van der Waals surface area (Å²) in [6.07, 6.45) is 0. The van der Waals surface area contributed by atoms with Crippen molar-refractivity contribution in [3.8, 4) is 5.75 Å². The largest absolute Gasteiger partial charge is 0.494 e. The molecule has 192 valence electrons. The summed E-state index contributed by atoms with van der Waals surface area (Å²) in [5.74, 6) is 0.219. The molecule has 3 aromatic rings. The fourth-order valence-corrected chi connectivity index (χ4v) is 5.38. The zero-order valence-electron chi connectivity index (χ0n) is 21.3. The van der Waals surface area contributed by atoms with Crippen molar-refractivity contribution in [2.45, 2.75) is 51.0 Å². The summed E-state index contributed by atoms with van der Waals surface area (Å²) >= 11 is 3.34. The molecule has 0 saturated carbocycles. The Bertz CT molecular complexity index is 1270. The van der Waals surface area contributed by atoms with Gasteiger partial charge in [-0.25, -0.2) is 8.42 Å². The number of hydrogen-bond donors (Lipinski definition) is 1. The molecule has 1 atom stereocenters. The van der Waals surface area contributed by atoms with Gasteiger partial charge in [-0.15, -0.1) is 0 Å². The number of carbonyl (C=O) groups is 1. The Labute approximate surface area is 222 Å². The molecule has 0 spiro atoms. The molecule has 1 N–H and O–H groups in total. The molecule has 6 nitrogen and oxygen atoms in total. The Hall–Kier alpha value is -2.84. The summed E-state index contributed by atoms with van der Waals surface area (Å²) < 4.78 is 34.5. The van der Waals surface area contributed by atoms with Crippen LogP contribution in [0.4, 0.5) is 5.69 Å². The SMILES string of the molecule is CCOc1ccc(N(CC(=O)NC(C)c2ccc(C(C)(C)C)cc2)S(=O)(=O)c2ccc(Br)cc2)cc1. The molecule has 3 aromatic carbocycles. The normalized spacial score (nSPS) is 12.6. The van der Waals surface area contributed by atoms with Crippen LogP contribution in [-0.4, -0.2) is 27.5 Å². The van der Waals surface area contributed by atoms with Crippen molar-refractivity contribution in [2.75, 3.05) is 17.5 Å². The van der Waals surface area contributed by atoms with Gasteiger partial charge in [0.15, 0.2) is 0 Å². The number of benzene rings is 3. The van der Waals surface area contributed by atoms with Crippen molar-refractivity contribution in [2.24, 2.45) is 0 Å². The lowest BCUT2D eigenvalue weighted by molar-refractivity contribution is -0.120. The molecular weight excluding hydrogens is 540 g/mol. The van der Waals surface area contributed by atoms with Gasteiger partial charge in [-0.05, 0) is 78.9 Å². The van der Waals surface area contributed by atoms with Crippen LogP contribution in [0.1, 0.15) is 51.8 Å². The quantitative estimate of drug-likeness (QED) is 0.330. The van der Waals surface area contributed by atoms with E-state index in [9.17, 15) is 13.2 Å². The molecule has 0 radical (unpaired) electrons. The van der Waals surface area contributed by atoms with Crippen molar-refractivity contribution in [3.05, 3.63) is 88.4 Å². The molecule has 36 heavy (non-hydrogen) atoms. The van der Waals surface area contributed by atoms with Crippen LogP contribution < -0.4 is 14.4 Å². The van der Waals surface area contributed by atoms with E-state index in [1.165, 1.54) is 17.7 Å². The zero-order valence-corrected chi connectivity index (χ0v) is 23.7. The highest BCUT2D eigenvalue weighted by Crippen LogP contribution is 2.27. The highest BCUT2D eigenvalue weighted by atomic mass is 79.9. The van der Waals surface area contributed by atoms with Gasteiger partial charge in [0.25, 0.3) is 10.0 Å². The maximum Gasteiger partial charge on any atom is 0.264 e. The third-order valence-electron chi connectivity index (χ3n) is 5.78. The standard InChI is InChI=1S/C28H33BrN2O4S/c1-6-35-25-15-13-24(14-16-25)31(36(33,34)26-17-11-23(29)12-18-26)19-27(32)30-20(2)21-7-9-22(10-8-21)28(3,4)5/h7-18,20H,6,19H2,1-5H3,(H,30,32). The van der Waals surface area contributed by atoms with E-state index in [1.807, 2.05) is 26.0 Å². The fraction of sp³-hybridized carbons (Fsp3) is 0.321. The van der Waals surface area contributed by atoms with E-state index < -0.39 is 15.9 Å². The topological polar surface area (TPSA) is 75.7 Å². The fourth-order valence-electron chi connectivity index (χ4n) is 3.70. The first-order chi connectivity index (χ1) is 16.9. The van der Waals surface area contributed by atoms with Crippen LogP contribution in [0, 0.1) is 0 Å². The number of amides is 1. The molecule has 1 amide bonds. The van der Waals surface area contributed by atoms with Crippen LogP contribution in [0.5, 0.6) is 5.75 Å². The van der Waals surface area contributed by atoms with Gasteiger partial charge in [-0.2, -0.15) is 0 Å².